The summed E-state index contributed by atoms with van der Waals surface area (Å²) in [7, 11) is 0. The Morgan fingerprint density at radius 1 is 0.500 bits per heavy atom. The molecule has 0 amide bonds. The lowest BCUT2D eigenvalue weighted by Gasteiger charge is -2.10. The fourth-order valence-corrected chi connectivity index (χ4v) is 5.72. The predicted molar refractivity (Wildman–Crippen MR) is 179 cm³/mol. The SMILES string of the molecule is C=C/C=C(\C=C)c1nc(-c2ccccc2)nc(-c2cccc(-c3ccc4oc5cc6oc7ccccc7c6cc5c4c3)c2)n1. The van der Waals surface area contributed by atoms with Crippen molar-refractivity contribution in [1.82, 2.24) is 15.0 Å². The molecule has 208 valence electrons. The van der Waals surface area contributed by atoms with Crippen LogP contribution in [0.5, 0.6) is 0 Å². The number of fused-ring (bicyclic) bond motifs is 6. The second-order valence-corrected chi connectivity index (χ2v) is 10.6. The molecule has 44 heavy (non-hydrogen) atoms. The van der Waals surface area contributed by atoms with Gasteiger partial charge in [0.15, 0.2) is 17.5 Å². The van der Waals surface area contributed by atoms with Gasteiger partial charge in [-0.25, -0.2) is 15.0 Å². The molecule has 0 N–H and O–H groups in total. The first-order valence-corrected chi connectivity index (χ1v) is 14.3. The van der Waals surface area contributed by atoms with Crippen LogP contribution in [0.25, 0.3) is 83.4 Å². The fraction of sp³-hybridized carbons (Fsp3) is 0. The van der Waals surface area contributed by atoms with E-state index in [9.17, 15) is 0 Å². The van der Waals surface area contributed by atoms with Gasteiger partial charge in [-0.1, -0.05) is 104 Å². The standard InChI is InChI=1S/C39H25N3O2/c1-3-11-24(4-2)37-40-38(25-12-6-5-7-13-25)42-39(41-37)28-15-10-14-26(20-28)27-18-19-34-30(21-27)32-22-31-29-16-8-9-17-33(29)43-35(31)23-36(32)44-34/h3-23H,1-2H2/b24-11+. The van der Waals surface area contributed by atoms with E-state index in [4.69, 9.17) is 23.8 Å². The second kappa shape index (κ2) is 10.3. The van der Waals surface area contributed by atoms with Crippen molar-refractivity contribution in [2.75, 3.05) is 0 Å². The minimum Gasteiger partial charge on any atom is -0.456 e. The number of allylic oxidation sites excluding steroid dienone is 4. The van der Waals surface area contributed by atoms with Crippen molar-refractivity contribution in [3.63, 3.8) is 0 Å². The summed E-state index contributed by atoms with van der Waals surface area (Å²) in [6, 6.07) is 36.8. The molecule has 0 atom stereocenters. The summed E-state index contributed by atoms with van der Waals surface area (Å²) >= 11 is 0. The fourth-order valence-electron chi connectivity index (χ4n) is 5.72. The normalized spacial score (nSPS) is 12.0. The molecule has 0 spiro atoms. The Morgan fingerprint density at radius 3 is 1.93 bits per heavy atom. The molecule has 3 aromatic heterocycles. The highest BCUT2D eigenvalue weighted by molar-refractivity contribution is 6.15. The van der Waals surface area contributed by atoms with Crippen molar-refractivity contribution < 1.29 is 8.83 Å². The predicted octanol–water partition coefficient (Wildman–Crippen LogP) is 10.4. The van der Waals surface area contributed by atoms with Gasteiger partial charge in [-0.3, -0.25) is 0 Å². The van der Waals surface area contributed by atoms with Crippen LogP contribution in [-0.2, 0) is 0 Å². The molecule has 5 aromatic carbocycles. The molecule has 0 fully saturated rings. The molecule has 0 aliphatic heterocycles. The summed E-state index contributed by atoms with van der Waals surface area (Å²) in [5.41, 5.74) is 7.99. The number of aromatic nitrogens is 3. The Labute approximate surface area is 253 Å². The maximum absolute atomic E-state index is 6.25. The average Bonchev–Trinajstić information content (AvgIpc) is 3.63. The summed E-state index contributed by atoms with van der Waals surface area (Å²) in [5, 5.41) is 4.27. The van der Waals surface area contributed by atoms with Gasteiger partial charge in [-0.15, -0.1) is 0 Å². The van der Waals surface area contributed by atoms with Crippen LogP contribution in [0.1, 0.15) is 5.82 Å². The van der Waals surface area contributed by atoms with E-state index in [0.717, 1.165) is 71.7 Å². The molecule has 8 aromatic rings. The first-order chi connectivity index (χ1) is 21.7. The van der Waals surface area contributed by atoms with Crippen LogP contribution in [0.2, 0.25) is 0 Å². The number of para-hydroxylation sites is 1. The van der Waals surface area contributed by atoms with Crippen LogP contribution in [-0.4, -0.2) is 15.0 Å². The summed E-state index contributed by atoms with van der Waals surface area (Å²) in [5.74, 6) is 1.72. The number of benzene rings is 5. The van der Waals surface area contributed by atoms with Crippen LogP contribution in [0.4, 0.5) is 0 Å². The second-order valence-electron chi connectivity index (χ2n) is 10.6. The number of furan rings is 2. The molecule has 0 bridgehead atoms. The van der Waals surface area contributed by atoms with E-state index in [0.29, 0.717) is 17.5 Å². The molecular weight excluding hydrogens is 542 g/mol. The molecule has 0 aliphatic carbocycles. The van der Waals surface area contributed by atoms with Gasteiger partial charge in [0.25, 0.3) is 0 Å². The summed E-state index contributed by atoms with van der Waals surface area (Å²) in [6.45, 7) is 7.79. The van der Waals surface area contributed by atoms with Crippen molar-refractivity contribution in [1.29, 1.82) is 0 Å². The quantitative estimate of drug-likeness (QED) is 0.187. The topological polar surface area (TPSA) is 65.0 Å². The molecule has 0 unspecified atom stereocenters. The van der Waals surface area contributed by atoms with Crippen molar-refractivity contribution in [3.8, 4) is 33.9 Å². The van der Waals surface area contributed by atoms with Crippen LogP contribution in [0.3, 0.4) is 0 Å². The highest BCUT2D eigenvalue weighted by Crippen LogP contribution is 2.38. The first-order valence-electron chi connectivity index (χ1n) is 14.3. The van der Waals surface area contributed by atoms with E-state index < -0.39 is 0 Å². The van der Waals surface area contributed by atoms with Gasteiger partial charge in [0.05, 0.1) is 0 Å². The van der Waals surface area contributed by atoms with E-state index in [2.05, 4.69) is 49.6 Å². The van der Waals surface area contributed by atoms with Crippen molar-refractivity contribution in [3.05, 3.63) is 146 Å². The number of nitrogens with zero attached hydrogens (tertiary/aromatic N) is 3. The molecular formula is C39H25N3O2. The molecule has 5 nitrogen and oxygen atoms in total. The largest absolute Gasteiger partial charge is 0.456 e. The lowest BCUT2D eigenvalue weighted by Crippen LogP contribution is -2.02. The monoisotopic (exact) mass is 567 g/mol. The Hall–Kier alpha value is -6.07. The van der Waals surface area contributed by atoms with E-state index in [-0.39, 0.29) is 0 Å². The van der Waals surface area contributed by atoms with Gasteiger partial charge in [-0.05, 0) is 41.5 Å². The Morgan fingerprint density at radius 2 is 1.14 bits per heavy atom. The molecule has 3 heterocycles. The lowest BCUT2D eigenvalue weighted by molar-refractivity contribution is 0.656. The van der Waals surface area contributed by atoms with E-state index in [1.807, 2.05) is 78.9 Å². The third-order valence-electron chi connectivity index (χ3n) is 7.87. The lowest BCUT2D eigenvalue weighted by atomic mass is 10.00. The van der Waals surface area contributed by atoms with Crippen molar-refractivity contribution >= 4 is 49.5 Å². The van der Waals surface area contributed by atoms with Gasteiger partial charge >= 0.3 is 0 Å². The molecule has 0 saturated carbocycles. The average molecular weight is 568 g/mol. The zero-order valence-corrected chi connectivity index (χ0v) is 23.7. The molecule has 5 heteroatoms. The van der Waals surface area contributed by atoms with Crippen LogP contribution >= 0.6 is 0 Å². The highest BCUT2D eigenvalue weighted by Gasteiger charge is 2.16. The van der Waals surface area contributed by atoms with Crippen molar-refractivity contribution in [2.45, 2.75) is 0 Å². The van der Waals surface area contributed by atoms with Gasteiger partial charge in [0.2, 0.25) is 0 Å². The molecule has 0 radical (unpaired) electrons. The van der Waals surface area contributed by atoms with E-state index >= 15 is 0 Å². The van der Waals surface area contributed by atoms with Gasteiger partial charge < -0.3 is 8.83 Å². The number of hydrogen-bond donors (Lipinski definition) is 0. The molecule has 8 rings (SSSR count). The van der Waals surface area contributed by atoms with Gasteiger partial charge in [-0.2, -0.15) is 0 Å². The van der Waals surface area contributed by atoms with Crippen molar-refractivity contribution in [2.24, 2.45) is 0 Å². The Balaban J connectivity index is 1.26. The number of hydrogen-bond acceptors (Lipinski definition) is 5. The Bertz CT molecular complexity index is 2430. The zero-order chi connectivity index (χ0) is 29.6. The van der Waals surface area contributed by atoms with Gasteiger partial charge in [0, 0.05) is 44.3 Å². The maximum atomic E-state index is 6.25. The maximum Gasteiger partial charge on any atom is 0.164 e. The third-order valence-corrected chi connectivity index (χ3v) is 7.87. The summed E-state index contributed by atoms with van der Waals surface area (Å²) in [6.07, 6.45) is 5.29. The van der Waals surface area contributed by atoms with E-state index in [1.54, 1.807) is 12.2 Å². The van der Waals surface area contributed by atoms with Crippen LogP contribution < -0.4 is 0 Å². The first kappa shape index (κ1) is 25.6. The third kappa shape index (κ3) is 4.30. The smallest absolute Gasteiger partial charge is 0.164 e. The zero-order valence-electron chi connectivity index (χ0n) is 23.7. The van der Waals surface area contributed by atoms with E-state index in [1.165, 1.54) is 0 Å². The minimum absolute atomic E-state index is 0.540. The molecule has 0 aliphatic rings. The van der Waals surface area contributed by atoms with Crippen LogP contribution in [0, 0.1) is 0 Å². The summed E-state index contributed by atoms with van der Waals surface area (Å²) in [4.78, 5) is 14.5. The number of rotatable bonds is 6. The minimum atomic E-state index is 0.540. The highest BCUT2D eigenvalue weighted by atomic mass is 16.3. The van der Waals surface area contributed by atoms with Gasteiger partial charge in [0.1, 0.15) is 22.3 Å². The molecule has 0 saturated heterocycles. The van der Waals surface area contributed by atoms with Crippen LogP contribution in [0.15, 0.2) is 149 Å². The Kier molecular flexibility index (Phi) is 6.02. The summed E-state index contributed by atoms with van der Waals surface area (Å²) < 4.78 is 12.3.